The smallest absolute Gasteiger partial charge is 0.188 e. The number of methoxy groups -OCH3 is 2. The molecule has 27 heavy (non-hydrogen) atoms. The summed E-state index contributed by atoms with van der Waals surface area (Å²) in [7, 11) is 3.28. The molecule has 152 valence electrons. The van der Waals surface area contributed by atoms with Gasteiger partial charge in [0.2, 0.25) is 0 Å². The topological polar surface area (TPSA) is 81.3 Å². The van der Waals surface area contributed by atoms with E-state index < -0.39 is 0 Å². The van der Waals surface area contributed by atoms with Crippen LogP contribution in [0.2, 0.25) is 0 Å². The highest BCUT2D eigenvalue weighted by atomic mass is 16.5. The van der Waals surface area contributed by atoms with Crippen LogP contribution in [0.4, 0.5) is 0 Å². The van der Waals surface area contributed by atoms with Gasteiger partial charge in [-0.25, -0.2) is 0 Å². The molecule has 1 aromatic carbocycles. The van der Waals surface area contributed by atoms with Gasteiger partial charge < -0.3 is 25.3 Å². The minimum Gasteiger partial charge on any atom is -0.493 e. The van der Waals surface area contributed by atoms with Gasteiger partial charge in [-0.3, -0.25) is 9.89 Å². The maximum atomic E-state index is 6.04. The number of nitrogens with two attached hydrogens (primary N) is 1. The van der Waals surface area contributed by atoms with Crippen LogP contribution in [0.3, 0.4) is 0 Å². The largest absolute Gasteiger partial charge is 0.493 e. The van der Waals surface area contributed by atoms with E-state index in [-0.39, 0.29) is 5.41 Å². The maximum absolute atomic E-state index is 6.04. The highest BCUT2D eigenvalue weighted by Crippen LogP contribution is 2.33. The molecule has 0 atom stereocenters. The van der Waals surface area contributed by atoms with E-state index in [0.29, 0.717) is 12.5 Å². The highest BCUT2D eigenvalue weighted by molar-refractivity contribution is 5.77. The zero-order valence-electron chi connectivity index (χ0n) is 17.1. The summed E-state index contributed by atoms with van der Waals surface area (Å²) in [5, 5.41) is 3.21. The number of rotatable bonds is 9. The first-order valence-corrected chi connectivity index (χ1v) is 9.52. The molecule has 1 saturated heterocycles. The molecule has 0 aliphatic carbocycles. The molecule has 3 N–H and O–H groups in total. The Hall–Kier alpha value is -1.99. The Kier molecular flexibility index (Phi) is 8.19. The number of guanidine groups is 1. The second-order valence-corrected chi connectivity index (χ2v) is 7.39. The Bertz CT molecular complexity index is 613. The van der Waals surface area contributed by atoms with Crippen molar-refractivity contribution in [1.29, 1.82) is 0 Å². The molecule has 0 unspecified atom stereocenters. The SMILES string of the molecule is COc1ccc(C(C)(C)CN=C(N)NCCCN2CCOCC2)cc1OC. The molecule has 0 bridgehead atoms. The number of aliphatic imine (C=N–C) groups is 1. The second kappa shape index (κ2) is 10.4. The van der Waals surface area contributed by atoms with Crippen LogP contribution in [-0.2, 0) is 10.2 Å². The van der Waals surface area contributed by atoms with E-state index in [9.17, 15) is 0 Å². The lowest BCUT2D eigenvalue weighted by molar-refractivity contribution is 0.0376. The Labute approximate surface area is 162 Å². The van der Waals surface area contributed by atoms with Gasteiger partial charge in [0.25, 0.3) is 0 Å². The fourth-order valence-electron chi connectivity index (χ4n) is 3.03. The first-order chi connectivity index (χ1) is 13.0. The van der Waals surface area contributed by atoms with E-state index in [1.54, 1.807) is 14.2 Å². The third-order valence-corrected chi connectivity index (χ3v) is 4.87. The lowest BCUT2D eigenvalue weighted by atomic mass is 9.84. The summed E-state index contributed by atoms with van der Waals surface area (Å²) in [5.74, 6) is 1.94. The van der Waals surface area contributed by atoms with Gasteiger partial charge in [0.1, 0.15) is 0 Å². The van der Waals surface area contributed by atoms with Crippen molar-refractivity contribution in [3.05, 3.63) is 23.8 Å². The van der Waals surface area contributed by atoms with Crippen LogP contribution in [0, 0.1) is 0 Å². The second-order valence-electron chi connectivity index (χ2n) is 7.39. The first-order valence-electron chi connectivity index (χ1n) is 9.52. The zero-order chi connectivity index (χ0) is 19.7. The third-order valence-electron chi connectivity index (χ3n) is 4.87. The quantitative estimate of drug-likeness (QED) is 0.386. The van der Waals surface area contributed by atoms with Gasteiger partial charge >= 0.3 is 0 Å². The first kappa shape index (κ1) is 21.3. The summed E-state index contributed by atoms with van der Waals surface area (Å²) in [6.45, 7) is 10.5. The maximum Gasteiger partial charge on any atom is 0.188 e. The molecular formula is C20H34N4O3. The number of nitrogens with zero attached hydrogens (tertiary/aromatic N) is 2. The molecule has 0 aromatic heterocycles. The Balaban J connectivity index is 1.81. The molecule has 0 radical (unpaired) electrons. The molecule has 1 fully saturated rings. The van der Waals surface area contributed by atoms with Crippen LogP contribution >= 0.6 is 0 Å². The Morgan fingerprint density at radius 2 is 1.93 bits per heavy atom. The van der Waals surface area contributed by atoms with E-state index in [2.05, 4.69) is 29.1 Å². The van der Waals surface area contributed by atoms with Crippen LogP contribution in [-0.4, -0.2) is 71.0 Å². The third kappa shape index (κ3) is 6.59. The van der Waals surface area contributed by atoms with Gasteiger partial charge in [-0.1, -0.05) is 19.9 Å². The number of morpholine rings is 1. The van der Waals surface area contributed by atoms with E-state index in [1.165, 1.54) is 0 Å². The molecule has 1 aromatic rings. The summed E-state index contributed by atoms with van der Waals surface area (Å²) >= 11 is 0. The molecule has 7 nitrogen and oxygen atoms in total. The van der Waals surface area contributed by atoms with Crippen LogP contribution in [0.1, 0.15) is 25.8 Å². The average molecular weight is 379 g/mol. The summed E-state index contributed by atoms with van der Waals surface area (Å²) in [5.41, 5.74) is 7.00. The van der Waals surface area contributed by atoms with Gasteiger partial charge in [-0.2, -0.15) is 0 Å². The summed E-state index contributed by atoms with van der Waals surface area (Å²) in [6, 6.07) is 5.97. The van der Waals surface area contributed by atoms with Crippen molar-refractivity contribution in [2.75, 3.05) is 60.2 Å². The number of nitrogens with one attached hydrogen (secondary N) is 1. The van der Waals surface area contributed by atoms with E-state index in [4.69, 9.17) is 19.9 Å². The standard InChI is InChI=1S/C20H34N4O3/c1-20(2,16-6-7-17(25-3)18(14-16)26-4)15-23-19(21)22-8-5-9-24-10-12-27-13-11-24/h6-7,14H,5,8-13,15H2,1-4H3,(H3,21,22,23). The lowest BCUT2D eigenvalue weighted by Gasteiger charge is -2.26. The number of hydrogen-bond donors (Lipinski definition) is 2. The van der Waals surface area contributed by atoms with Crippen molar-refractivity contribution in [3.8, 4) is 11.5 Å². The van der Waals surface area contributed by atoms with Crippen LogP contribution in [0.25, 0.3) is 0 Å². The average Bonchev–Trinajstić information content (AvgIpc) is 2.70. The fraction of sp³-hybridized carbons (Fsp3) is 0.650. The fourth-order valence-corrected chi connectivity index (χ4v) is 3.03. The Morgan fingerprint density at radius 1 is 1.22 bits per heavy atom. The lowest BCUT2D eigenvalue weighted by Crippen LogP contribution is -2.39. The van der Waals surface area contributed by atoms with Crippen LogP contribution < -0.4 is 20.5 Å². The van der Waals surface area contributed by atoms with Gasteiger partial charge in [0, 0.05) is 25.0 Å². The number of hydrogen-bond acceptors (Lipinski definition) is 5. The van der Waals surface area contributed by atoms with E-state index in [0.717, 1.165) is 62.9 Å². The zero-order valence-corrected chi connectivity index (χ0v) is 17.1. The minimum atomic E-state index is -0.167. The van der Waals surface area contributed by atoms with E-state index >= 15 is 0 Å². The van der Waals surface area contributed by atoms with Crippen molar-refractivity contribution in [3.63, 3.8) is 0 Å². The Morgan fingerprint density at radius 3 is 2.59 bits per heavy atom. The minimum absolute atomic E-state index is 0.167. The van der Waals surface area contributed by atoms with Crippen LogP contribution in [0.15, 0.2) is 23.2 Å². The normalized spacial score (nSPS) is 16.2. The molecule has 0 spiro atoms. The van der Waals surface area contributed by atoms with Gasteiger partial charge in [-0.15, -0.1) is 0 Å². The van der Waals surface area contributed by atoms with Crippen molar-refractivity contribution >= 4 is 5.96 Å². The molecular weight excluding hydrogens is 344 g/mol. The van der Waals surface area contributed by atoms with Crippen molar-refractivity contribution in [1.82, 2.24) is 10.2 Å². The monoisotopic (exact) mass is 378 g/mol. The highest BCUT2D eigenvalue weighted by Gasteiger charge is 2.22. The van der Waals surface area contributed by atoms with Crippen molar-refractivity contribution in [2.24, 2.45) is 10.7 Å². The summed E-state index contributed by atoms with van der Waals surface area (Å²) in [4.78, 5) is 6.95. The predicted molar refractivity (Wildman–Crippen MR) is 109 cm³/mol. The molecule has 1 aliphatic rings. The molecule has 0 saturated carbocycles. The molecule has 0 amide bonds. The van der Waals surface area contributed by atoms with Gasteiger partial charge in [0.15, 0.2) is 17.5 Å². The number of ether oxygens (including phenoxy) is 3. The molecule has 1 aliphatic heterocycles. The molecule has 2 rings (SSSR count). The molecule has 7 heteroatoms. The summed E-state index contributed by atoms with van der Waals surface area (Å²) < 4.78 is 16.1. The van der Waals surface area contributed by atoms with Gasteiger partial charge in [-0.05, 0) is 30.7 Å². The predicted octanol–water partition coefficient (Wildman–Crippen LogP) is 1.61. The van der Waals surface area contributed by atoms with Crippen LogP contribution in [0.5, 0.6) is 11.5 Å². The summed E-state index contributed by atoms with van der Waals surface area (Å²) in [6.07, 6.45) is 1.04. The van der Waals surface area contributed by atoms with Gasteiger partial charge in [0.05, 0.1) is 34.0 Å². The van der Waals surface area contributed by atoms with E-state index in [1.807, 2.05) is 18.2 Å². The number of benzene rings is 1. The van der Waals surface area contributed by atoms with Crippen molar-refractivity contribution < 1.29 is 14.2 Å². The van der Waals surface area contributed by atoms with Crippen molar-refractivity contribution in [2.45, 2.75) is 25.7 Å². The molecule has 1 heterocycles.